The fourth-order valence-corrected chi connectivity index (χ4v) is 4.67. The number of halogens is 2. The molecule has 1 aliphatic rings. The van der Waals surface area contributed by atoms with Gasteiger partial charge in [-0.3, -0.25) is 9.69 Å². The molecule has 218 valence electrons. The second-order valence-corrected chi connectivity index (χ2v) is 10.3. The van der Waals surface area contributed by atoms with Gasteiger partial charge < -0.3 is 30.2 Å². The van der Waals surface area contributed by atoms with Crippen LogP contribution in [0.2, 0.25) is 0 Å². The van der Waals surface area contributed by atoms with Crippen LogP contribution in [0.5, 0.6) is 0 Å². The van der Waals surface area contributed by atoms with E-state index in [-0.39, 0.29) is 17.2 Å². The Morgan fingerprint density at radius 1 is 1.07 bits per heavy atom. The zero-order chi connectivity index (χ0) is 29.1. The van der Waals surface area contributed by atoms with Crippen molar-refractivity contribution in [2.45, 2.75) is 0 Å². The van der Waals surface area contributed by atoms with Gasteiger partial charge in [-0.05, 0) is 32.3 Å². The van der Waals surface area contributed by atoms with Crippen molar-refractivity contribution in [2.75, 3.05) is 89.5 Å². The molecule has 0 saturated carbocycles. The number of aromatic nitrogens is 4. The maximum Gasteiger partial charge on any atom is 0.256 e. The van der Waals surface area contributed by atoms with E-state index in [1.165, 1.54) is 15.5 Å². The van der Waals surface area contributed by atoms with Gasteiger partial charge in [-0.2, -0.15) is 19.6 Å². The number of hydrogen-bond acceptors (Lipinski definition) is 10. The Bertz CT molecular complexity index is 1500. The van der Waals surface area contributed by atoms with Crippen LogP contribution in [-0.2, 0) is 0 Å². The maximum absolute atomic E-state index is 14.8. The second kappa shape index (κ2) is 12.1. The summed E-state index contributed by atoms with van der Waals surface area (Å²) >= 11 is 0. The van der Waals surface area contributed by atoms with Gasteiger partial charge in [-0.15, -0.1) is 0 Å². The van der Waals surface area contributed by atoms with Crippen LogP contribution >= 0.6 is 0 Å². The number of nitrogen functional groups attached to an aromatic ring is 1. The van der Waals surface area contributed by atoms with Crippen molar-refractivity contribution in [1.82, 2.24) is 34.3 Å². The highest BCUT2D eigenvalue weighted by Gasteiger charge is 2.24. The number of hydrogen-bond donors (Lipinski definition) is 2. The van der Waals surface area contributed by atoms with Crippen LogP contribution in [0.4, 0.5) is 26.4 Å². The minimum atomic E-state index is -0.855. The van der Waals surface area contributed by atoms with Crippen LogP contribution < -0.4 is 16.0 Å². The summed E-state index contributed by atoms with van der Waals surface area (Å²) in [7, 11) is 5.41. The average molecular weight is 569 g/mol. The van der Waals surface area contributed by atoms with E-state index in [4.69, 9.17) is 10.2 Å². The Morgan fingerprint density at radius 3 is 2.56 bits per heavy atom. The molecule has 1 fully saturated rings. The number of likely N-dealkylation sites (N-methyl/N-ethyl adjacent to an activating group) is 2. The number of carbonyl (C=O) groups excluding carboxylic acids is 1. The molecule has 4 aromatic rings. The molecule has 4 heterocycles. The molecule has 0 aliphatic carbocycles. The van der Waals surface area contributed by atoms with Gasteiger partial charge >= 0.3 is 0 Å². The van der Waals surface area contributed by atoms with Gasteiger partial charge in [0.15, 0.2) is 11.4 Å². The van der Waals surface area contributed by atoms with Crippen molar-refractivity contribution in [3.8, 4) is 11.5 Å². The lowest BCUT2D eigenvalue weighted by atomic mass is 10.1. The molecule has 5 rings (SSSR count). The topological polar surface area (TPSA) is 124 Å². The first-order valence-electron chi connectivity index (χ1n) is 13.4. The van der Waals surface area contributed by atoms with Crippen molar-refractivity contribution in [1.29, 1.82) is 0 Å². The molecule has 0 radical (unpaired) electrons. The summed E-state index contributed by atoms with van der Waals surface area (Å²) in [6.07, 6.45) is 1.57. The van der Waals surface area contributed by atoms with E-state index in [0.29, 0.717) is 75.4 Å². The summed E-state index contributed by atoms with van der Waals surface area (Å²) in [5.41, 5.74) is 7.35. The fraction of sp³-hybridized carbons (Fsp3) is 0.407. The highest BCUT2D eigenvalue weighted by Crippen LogP contribution is 2.26. The molecule has 0 unspecified atom stereocenters. The van der Waals surface area contributed by atoms with Gasteiger partial charge in [-0.25, -0.2) is 8.78 Å². The smallest absolute Gasteiger partial charge is 0.256 e. The molecule has 1 aromatic carbocycles. The van der Waals surface area contributed by atoms with Crippen molar-refractivity contribution in [3.63, 3.8) is 0 Å². The molecule has 0 bridgehead atoms. The number of nitrogens with zero attached hydrogens (tertiary/aromatic N) is 8. The molecule has 41 heavy (non-hydrogen) atoms. The molecule has 1 saturated heterocycles. The standard InChI is InChI=1S/C27H34F2N10O2/c1-35(2)8-9-36(3)25(40)18-15-22(20(29)16-19(18)28)38-12-10-37(11-13-38)7-6-31-27-32-24-17-21(23-5-4-14-41-23)34-39(24)26(30)33-27/h4-5,14-17H,6-13H2,1-3H3,(H3,30,31,32,33). The Hall–Kier alpha value is -4.30. The van der Waals surface area contributed by atoms with Gasteiger partial charge in [-0.1, -0.05) is 0 Å². The normalized spacial score (nSPS) is 14.2. The highest BCUT2D eigenvalue weighted by molar-refractivity contribution is 5.95. The maximum atomic E-state index is 14.8. The van der Waals surface area contributed by atoms with Crippen LogP contribution in [0.15, 0.2) is 41.0 Å². The SMILES string of the molecule is CN(C)CCN(C)C(=O)c1cc(N2CCN(CCNc3nc(N)n4nc(-c5ccco5)cc4n3)CC2)c(F)cc1F. The van der Waals surface area contributed by atoms with E-state index in [0.717, 1.165) is 6.07 Å². The first-order valence-corrected chi connectivity index (χ1v) is 13.4. The van der Waals surface area contributed by atoms with Gasteiger partial charge in [0, 0.05) is 71.5 Å². The van der Waals surface area contributed by atoms with Crippen molar-refractivity contribution < 1.29 is 18.0 Å². The number of carbonyl (C=O) groups is 1. The lowest BCUT2D eigenvalue weighted by molar-refractivity contribution is 0.0781. The van der Waals surface area contributed by atoms with E-state index in [1.54, 1.807) is 31.5 Å². The zero-order valence-electron chi connectivity index (χ0n) is 23.3. The predicted octanol–water partition coefficient (Wildman–Crippen LogP) is 2.11. The number of fused-ring (bicyclic) bond motifs is 1. The van der Waals surface area contributed by atoms with Gasteiger partial charge in [0.05, 0.1) is 17.5 Å². The summed E-state index contributed by atoms with van der Waals surface area (Å²) in [4.78, 5) is 29.1. The molecule has 12 nitrogen and oxygen atoms in total. The van der Waals surface area contributed by atoms with Crippen molar-refractivity contribution in [2.24, 2.45) is 0 Å². The third-order valence-corrected chi connectivity index (χ3v) is 7.04. The summed E-state index contributed by atoms with van der Waals surface area (Å²) in [5, 5.41) is 7.60. The van der Waals surface area contributed by atoms with Gasteiger partial charge in [0.1, 0.15) is 17.3 Å². The van der Waals surface area contributed by atoms with Gasteiger partial charge in [0.2, 0.25) is 11.9 Å². The summed E-state index contributed by atoms with van der Waals surface area (Å²) < 4.78 is 36.2. The molecule has 0 spiro atoms. The summed E-state index contributed by atoms with van der Waals surface area (Å²) in [6.45, 7) is 4.75. The van der Waals surface area contributed by atoms with Crippen LogP contribution in [0.1, 0.15) is 10.4 Å². The van der Waals surface area contributed by atoms with Gasteiger partial charge in [0.25, 0.3) is 5.91 Å². The van der Waals surface area contributed by atoms with E-state index >= 15 is 0 Å². The van der Waals surface area contributed by atoms with E-state index in [2.05, 4.69) is 25.3 Å². The molecular weight excluding hydrogens is 534 g/mol. The van der Waals surface area contributed by atoms with E-state index in [1.807, 2.05) is 23.9 Å². The number of rotatable bonds is 10. The number of piperazine rings is 1. The third-order valence-electron chi connectivity index (χ3n) is 7.04. The average Bonchev–Trinajstić information content (AvgIpc) is 3.63. The highest BCUT2D eigenvalue weighted by atomic mass is 19.1. The van der Waals surface area contributed by atoms with Crippen LogP contribution in [-0.4, -0.2) is 114 Å². The molecule has 3 aromatic heterocycles. The quantitative estimate of drug-likeness (QED) is 0.294. The molecule has 1 aliphatic heterocycles. The van der Waals surface area contributed by atoms with Crippen molar-refractivity contribution >= 4 is 29.1 Å². The molecule has 0 atom stereocenters. The number of anilines is 3. The first-order chi connectivity index (χ1) is 19.7. The third kappa shape index (κ3) is 6.38. The molecule has 1 amide bonds. The zero-order valence-corrected chi connectivity index (χ0v) is 23.3. The van der Waals surface area contributed by atoms with E-state index in [9.17, 15) is 13.6 Å². The largest absolute Gasteiger partial charge is 0.463 e. The number of nitrogens with two attached hydrogens (primary N) is 1. The number of benzene rings is 1. The van der Waals surface area contributed by atoms with Crippen LogP contribution in [0.3, 0.4) is 0 Å². The Balaban J connectivity index is 1.16. The summed E-state index contributed by atoms with van der Waals surface area (Å²) in [6, 6.07) is 7.50. The Morgan fingerprint density at radius 2 is 1.85 bits per heavy atom. The minimum absolute atomic E-state index is 0.125. The van der Waals surface area contributed by atoms with Crippen LogP contribution in [0, 0.1) is 11.6 Å². The molecule has 14 heteroatoms. The van der Waals surface area contributed by atoms with E-state index < -0.39 is 17.5 Å². The van der Waals surface area contributed by atoms with Crippen molar-refractivity contribution in [3.05, 3.63) is 53.8 Å². The first kappa shape index (κ1) is 28.2. The van der Waals surface area contributed by atoms with Crippen LogP contribution in [0.25, 0.3) is 17.1 Å². The summed E-state index contributed by atoms with van der Waals surface area (Å²) in [5.74, 6) is -0.798. The molecule has 3 N–H and O–H groups in total. The fourth-order valence-electron chi connectivity index (χ4n) is 4.67. The Labute approximate surface area is 236 Å². The molecular formula is C27H34F2N10O2. The minimum Gasteiger partial charge on any atom is -0.463 e. The number of amides is 1. The lowest BCUT2D eigenvalue weighted by Gasteiger charge is -2.36. The Kier molecular flexibility index (Phi) is 8.31. The monoisotopic (exact) mass is 568 g/mol. The number of nitrogens with one attached hydrogen (secondary N) is 1. The second-order valence-electron chi connectivity index (χ2n) is 10.3. The number of furan rings is 1. The predicted molar refractivity (Wildman–Crippen MR) is 152 cm³/mol. The lowest BCUT2D eigenvalue weighted by Crippen LogP contribution is -2.48.